The lowest BCUT2D eigenvalue weighted by Crippen LogP contribution is -2.05. The molecule has 20 heavy (non-hydrogen) atoms. The van der Waals surface area contributed by atoms with Gasteiger partial charge in [-0.25, -0.2) is 13.2 Å². The Balaban J connectivity index is 2.31. The molecule has 0 aliphatic rings. The van der Waals surface area contributed by atoms with Crippen molar-refractivity contribution < 1.29 is 13.2 Å². The first-order valence-corrected chi connectivity index (χ1v) is 5.83. The van der Waals surface area contributed by atoms with E-state index in [4.69, 9.17) is 0 Å². The Morgan fingerprint density at radius 3 is 2.45 bits per heavy atom. The third-order valence-electron chi connectivity index (χ3n) is 3.03. The number of pyridine rings is 1. The second-order valence-electron chi connectivity index (χ2n) is 4.33. The maximum atomic E-state index is 13.7. The molecule has 0 spiro atoms. The Morgan fingerprint density at radius 2 is 1.70 bits per heavy atom. The van der Waals surface area contributed by atoms with Crippen LogP contribution in [-0.4, -0.2) is 4.98 Å². The molecule has 0 radical (unpaired) electrons. The molecule has 5 heteroatoms. The summed E-state index contributed by atoms with van der Waals surface area (Å²) in [6.07, 6.45) is 0. The third-order valence-corrected chi connectivity index (χ3v) is 3.03. The first-order chi connectivity index (χ1) is 9.56. The average Bonchev–Trinajstić information content (AvgIpc) is 2.38. The highest BCUT2D eigenvalue weighted by Gasteiger charge is 2.11. The smallest absolute Gasteiger partial charge is 0.192 e. The molecule has 100 valence electrons. The Morgan fingerprint density at radius 1 is 0.900 bits per heavy atom. The monoisotopic (exact) mass is 275 g/mol. The van der Waals surface area contributed by atoms with E-state index in [2.05, 4.69) is 4.98 Å². The van der Waals surface area contributed by atoms with E-state index >= 15 is 0 Å². The summed E-state index contributed by atoms with van der Waals surface area (Å²) in [4.78, 5) is 14.7. The molecule has 0 amide bonds. The highest BCUT2D eigenvalue weighted by molar-refractivity contribution is 5.82. The van der Waals surface area contributed by atoms with Crippen LogP contribution in [0, 0.1) is 17.5 Å². The molecule has 1 heterocycles. The first-order valence-electron chi connectivity index (χ1n) is 5.83. The number of halogens is 3. The normalized spacial score (nSPS) is 10.9. The van der Waals surface area contributed by atoms with Crippen molar-refractivity contribution in [2.75, 3.05) is 0 Å². The van der Waals surface area contributed by atoms with Gasteiger partial charge in [-0.15, -0.1) is 0 Å². The van der Waals surface area contributed by atoms with Gasteiger partial charge in [-0.05, 0) is 24.3 Å². The molecule has 0 aliphatic heterocycles. The summed E-state index contributed by atoms with van der Waals surface area (Å²) >= 11 is 0. The summed E-state index contributed by atoms with van der Waals surface area (Å²) in [5.41, 5.74) is -0.0768. The number of nitrogens with one attached hydrogen (secondary N) is 1. The molecule has 2 aromatic carbocycles. The van der Waals surface area contributed by atoms with Crippen molar-refractivity contribution in [1.29, 1.82) is 0 Å². The van der Waals surface area contributed by atoms with Crippen molar-refractivity contribution in [3.63, 3.8) is 0 Å². The molecule has 0 saturated carbocycles. The Bertz CT molecular complexity index is 871. The van der Waals surface area contributed by atoms with Gasteiger partial charge in [0.15, 0.2) is 5.43 Å². The fourth-order valence-electron chi connectivity index (χ4n) is 2.12. The van der Waals surface area contributed by atoms with Gasteiger partial charge in [0.2, 0.25) is 0 Å². The van der Waals surface area contributed by atoms with E-state index in [1.54, 1.807) is 0 Å². The van der Waals surface area contributed by atoms with Crippen molar-refractivity contribution >= 4 is 10.9 Å². The molecule has 0 unspecified atom stereocenters. The van der Waals surface area contributed by atoms with Crippen LogP contribution in [-0.2, 0) is 0 Å². The van der Waals surface area contributed by atoms with Crippen LogP contribution in [0.2, 0.25) is 0 Å². The fourth-order valence-corrected chi connectivity index (χ4v) is 2.12. The van der Waals surface area contributed by atoms with Crippen LogP contribution in [0.3, 0.4) is 0 Å². The summed E-state index contributed by atoms with van der Waals surface area (Å²) in [5.74, 6) is -2.15. The number of aromatic nitrogens is 1. The molecule has 0 aliphatic carbocycles. The van der Waals surface area contributed by atoms with Gasteiger partial charge in [-0.2, -0.15) is 0 Å². The lowest BCUT2D eigenvalue weighted by molar-refractivity contribution is 0.585. The summed E-state index contributed by atoms with van der Waals surface area (Å²) in [6, 6.07) is 8.28. The van der Waals surface area contributed by atoms with Gasteiger partial charge in [-0.3, -0.25) is 4.79 Å². The highest BCUT2D eigenvalue weighted by atomic mass is 19.1. The standard InChI is InChI=1S/C15H8F3NO/c16-8-4-5-9(11(18)6-8)13-7-14(20)15-10(17)2-1-3-12(15)19-13/h1-7H,(H,19,20). The molecule has 1 aromatic heterocycles. The number of H-pyrrole nitrogens is 1. The summed E-state index contributed by atoms with van der Waals surface area (Å²) in [7, 11) is 0. The summed E-state index contributed by atoms with van der Waals surface area (Å²) < 4.78 is 40.2. The molecule has 3 aromatic rings. The molecule has 2 nitrogen and oxygen atoms in total. The van der Waals surface area contributed by atoms with Crippen LogP contribution in [0.5, 0.6) is 0 Å². The number of aromatic amines is 1. The van der Waals surface area contributed by atoms with Gasteiger partial charge in [0.05, 0.1) is 16.6 Å². The van der Waals surface area contributed by atoms with Gasteiger partial charge in [0.1, 0.15) is 17.5 Å². The number of rotatable bonds is 1. The maximum Gasteiger partial charge on any atom is 0.192 e. The molecule has 0 fully saturated rings. The van der Waals surface area contributed by atoms with Crippen molar-refractivity contribution in [2.24, 2.45) is 0 Å². The highest BCUT2D eigenvalue weighted by Crippen LogP contribution is 2.23. The Kier molecular flexibility index (Phi) is 2.82. The lowest BCUT2D eigenvalue weighted by Gasteiger charge is -2.06. The maximum absolute atomic E-state index is 13.7. The van der Waals surface area contributed by atoms with Crippen LogP contribution >= 0.6 is 0 Å². The Hall–Kier alpha value is -2.56. The predicted molar refractivity (Wildman–Crippen MR) is 69.9 cm³/mol. The summed E-state index contributed by atoms with van der Waals surface area (Å²) in [5, 5.41) is -0.0845. The molecular weight excluding hydrogens is 267 g/mol. The molecular formula is C15H8F3NO. The minimum atomic E-state index is -0.795. The van der Waals surface area contributed by atoms with Crippen LogP contribution in [0.1, 0.15) is 0 Å². The van der Waals surface area contributed by atoms with Crippen LogP contribution in [0.25, 0.3) is 22.2 Å². The zero-order valence-corrected chi connectivity index (χ0v) is 10.1. The van der Waals surface area contributed by atoms with E-state index in [1.165, 1.54) is 24.3 Å². The largest absolute Gasteiger partial charge is 0.354 e. The van der Waals surface area contributed by atoms with E-state index < -0.39 is 22.9 Å². The Labute approximate surface area is 111 Å². The van der Waals surface area contributed by atoms with E-state index in [-0.39, 0.29) is 22.2 Å². The molecule has 0 atom stereocenters. The van der Waals surface area contributed by atoms with Crippen LogP contribution < -0.4 is 5.43 Å². The quantitative estimate of drug-likeness (QED) is 0.723. The van der Waals surface area contributed by atoms with Gasteiger partial charge >= 0.3 is 0 Å². The second kappa shape index (κ2) is 4.52. The molecule has 0 bridgehead atoms. The SMILES string of the molecule is O=c1cc(-c2ccc(F)cc2F)[nH]c2cccc(F)c12. The first kappa shape index (κ1) is 12.5. The van der Waals surface area contributed by atoms with E-state index in [1.807, 2.05) is 0 Å². The van der Waals surface area contributed by atoms with Gasteiger partial charge in [0, 0.05) is 17.7 Å². The van der Waals surface area contributed by atoms with E-state index in [9.17, 15) is 18.0 Å². The van der Waals surface area contributed by atoms with Crippen molar-refractivity contribution in [3.05, 3.63) is 70.1 Å². The van der Waals surface area contributed by atoms with Crippen molar-refractivity contribution in [1.82, 2.24) is 4.98 Å². The van der Waals surface area contributed by atoms with E-state index in [0.717, 1.165) is 18.2 Å². The fraction of sp³-hybridized carbons (Fsp3) is 0. The second-order valence-corrected chi connectivity index (χ2v) is 4.33. The third kappa shape index (κ3) is 1.97. The number of hydrogen-bond donors (Lipinski definition) is 1. The van der Waals surface area contributed by atoms with Crippen LogP contribution in [0.4, 0.5) is 13.2 Å². The zero-order valence-electron chi connectivity index (χ0n) is 10.1. The minimum Gasteiger partial charge on any atom is -0.354 e. The van der Waals surface area contributed by atoms with Gasteiger partial charge in [0.25, 0.3) is 0 Å². The number of fused-ring (bicyclic) bond motifs is 1. The zero-order chi connectivity index (χ0) is 14.3. The van der Waals surface area contributed by atoms with Gasteiger partial charge < -0.3 is 4.98 Å². The van der Waals surface area contributed by atoms with Gasteiger partial charge in [-0.1, -0.05) is 6.07 Å². The predicted octanol–water partition coefficient (Wildman–Crippen LogP) is 3.61. The summed E-state index contributed by atoms with van der Waals surface area (Å²) in [6.45, 7) is 0. The lowest BCUT2D eigenvalue weighted by atomic mass is 10.1. The number of hydrogen-bond acceptors (Lipinski definition) is 1. The molecule has 3 rings (SSSR count). The van der Waals surface area contributed by atoms with Crippen molar-refractivity contribution in [2.45, 2.75) is 0 Å². The minimum absolute atomic E-state index is 0.0506. The molecule has 1 N–H and O–H groups in total. The average molecular weight is 275 g/mol. The number of benzene rings is 2. The van der Waals surface area contributed by atoms with Crippen molar-refractivity contribution in [3.8, 4) is 11.3 Å². The molecule has 0 saturated heterocycles. The van der Waals surface area contributed by atoms with Crippen LogP contribution in [0.15, 0.2) is 47.3 Å². The topological polar surface area (TPSA) is 32.9 Å². The van der Waals surface area contributed by atoms with E-state index in [0.29, 0.717) is 0 Å².